The summed E-state index contributed by atoms with van der Waals surface area (Å²) >= 11 is 12.0. The summed E-state index contributed by atoms with van der Waals surface area (Å²) in [6, 6.07) is 0. The molecule has 5 nitrogen and oxygen atoms in total. The van der Waals surface area contributed by atoms with Crippen LogP contribution in [0.5, 0.6) is 17.2 Å². The molecule has 0 N–H and O–H groups in total. The summed E-state index contributed by atoms with van der Waals surface area (Å²) in [5.74, 6) is 0.342. The Morgan fingerprint density at radius 3 is 1.61 bits per heavy atom. The molecule has 0 aliphatic carbocycles. The maximum Gasteiger partial charge on any atom is 0.256 e. The highest BCUT2D eigenvalue weighted by Crippen LogP contribution is 2.50. The maximum atomic E-state index is 11.5. The number of methoxy groups -OCH3 is 3. The van der Waals surface area contributed by atoms with Gasteiger partial charge in [0, 0.05) is 0 Å². The monoisotopic (exact) mass is 310 g/mol. The van der Waals surface area contributed by atoms with E-state index >= 15 is 0 Å². The average Bonchev–Trinajstić information content (AvgIpc) is 2.37. The van der Waals surface area contributed by atoms with Gasteiger partial charge in [0.05, 0.1) is 36.9 Å². The lowest BCUT2D eigenvalue weighted by Gasteiger charge is -2.16. The van der Waals surface area contributed by atoms with E-state index in [9.17, 15) is 9.36 Å². The molecule has 8 heteroatoms. The average molecular weight is 311 g/mol. The van der Waals surface area contributed by atoms with Gasteiger partial charge in [0.15, 0.2) is 11.5 Å². The van der Waals surface area contributed by atoms with Crippen molar-refractivity contribution in [3.05, 3.63) is 15.6 Å². The summed E-state index contributed by atoms with van der Waals surface area (Å²) in [5, 5.41) is -0.151. The number of halogens is 2. The Morgan fingerprint density at radius 1 is 0.944 bits per heavy atom. The minimum Gasteiger partial charge on any atom is -0.491 e. The van der Waals surface area contributed by atoms with Crippen LogP contribution in [-0.4, -0.2) is 26.9 Å². The van der Waals surface area contributed by atoms with Crippen molar-refractivity contribution in [1.29, 1.82) is 0 Å². The first-order chi connectivity index (χ1) is 8.53. The van der Waals surface area contributed by atoms with Crippen LogP contribution < -0.4 is 14.2 Å². The molecule has 98 valence electrons. The van der Waals surface area contributed by atoms with Crippen molar-refractivity contribution in [2.75, 3.05) is 21.3 Å². The molecule has 0 amide bonds. The highest BCUT2D eigenvalue weighted by atomic mass is 35.5. The second-order valence-corrected chi connectivity index (χ2v) is 4.34. The minimum atomic E-state index is -0.774. The third-order valence-electron chi connectivity index (χ3n) is 2.16. The van der Waals surface area contributed by atoms with E-state index < -0.39 is 14.0 Å². The molecule has 0 aliphatic rings. The minimum absolute atomic E-state index is 0.0755. The summed E-state index contributed by atoms with van der Waals surface area (Å²) < 4.78 is 25.9. The summed E-state index contributed by atoms with van der Waals surface area (Å²) in [4.78, 5) is 11.5. The number of hydrogen-bond donors (Lipinski definition) is 0. The molecular formula is C10H9Cl2O5P. The Kier molecular flexibility index (Phi) is 5.20. The molecule has 0 fully saturated rings. The second-order valence-electron chi connectivity index (χ2n) is 3.00. The van der Waals surface area contributed by atoms with Crippen molar-refractivity contribution < 1.29 is 23.6 Å². The highest BCUT2D eigenvalue weighted by molar-refractivity contribution is 7.47. The van der Waals surface area contributed by atoms with Gasteiger partial charge in [-0.05, 0) is 0 Å². The predicted octanol–water partition coefficient (Wildman–Crippen LogP) is 3.45. The number of benzene rings is 1. The van der Waals surface area contributed by atoms with Crippen LogP contribution in [0.1, 0.15) is 10.4 Å². The van der Waals surface area contributed by atoms with Gasteiger partial charge in [0.25, 0.3) is 5.52 Å². The van der Waals surface area contributed by atoms with Crippen LogP contribution in [0.4, 0.5) is 0 Å². The zero-order valence-electron chi connectivity index (χ0n) is 9.74. The standard InChI is InChI=1S/C10H9Cl2O5P/c1-15-7-5(11)4(10(13)18-14)6(12)8(16-2)9(7)17-3/h1-3H3. The van der Waals surface area contributed by atoms with E-state index in [-0.39, 0.29) is 32.9 Å². The second kappa shape index (κ2) is 6.23. The molecule has 0 unspecified atom stereocenters. The van der Waals surface area contributed by atoms with Crippen LogP contribution in [0.3, 0.4) is 0 Å². The molecule has 0 bridgehead atoms. The van der Waals surface area contributed by atoms with E-state index in [4.69, 9.17) is 37.4 Å². The molecule has 0 atom stereocenters. The lowest BCUT2D eigenvalue weighted by Crippen LogP contribution is -2.02. The first-order valence-electron chi connectivity index (χ1n) is 4.58. The number of hydrogen-bond acceptors (Lipinski definition) is 5. The zero-order valence-corrected chi connectivity index (χ0v) is 12.2. The fourth-order valence-corrected chi connectivity index (χ4v) is 2.59. The first kappa shape index (κ1) is 15.0. The van der Waals surface area contributed by atoms with E-state index in [1.165, 1.54) is 21.3 Å². The van der Waals surface area contributed by atoms with Gasteiger partial charge in [-0.2, -0.15) is 0 Å². The van der Waals surface area contributed by atoms with Gasteiger partial charge < -0.3 is 14.2 Å². The van der Waals surface area contributed by atoms with Gasteiger partial charge in [-0.15, -0.1) is 0 Å². The van der Waals surface area contributed by atoms with Crippen LogP contribution in [0, 0.1) is 0 Å². The van der Waals surface area contributed by atoms with Gasteiger partial charge in [-0.3, -0.25) is 9.36 Å². The maximum absolute atomic E-state index is 11.5. The molecule has 1 rings (SSSR count). The number of carbonyl (C=O) groups is 1. The number of ether oxygens (including phenoxy) is 3. The van der Waals surface area contributed by atoms with Crippen LogP contribution in [0.15, 0.2) is 0 Å². The molecule has 0 aromatic heterocycles. The third-order valence-corrected chi connectivity index (χ3v) is 3.27. The van der Waals surface area contributed by atoms with E-state index in [1.807, 2.05) is 0 Å². The van der Waals surface area contributed by atoms with Crippen molar-refractivity contribution in [3.63, 3.8) is 0 Å². The van der Waals surface area contributed by atoms with Gasteiger partial charge in [0.2, 0.25) is 14.2 Å². The quantitative estimate of drug-likeness (QED) is 0.779. The van der Waals surface area contributed by atoms with Gasteiger partial charge >= 0.3 is 0 Å². The molecule has 0 aliphatic heterocycles. The molecule has 0 spiro atoms. The predicted molar refractivity (Wildman–Crippen MR) is 68.1 cm³/mol. The van der Waals surface area contributed by atoms with Crippen LogP contribution >= 0.6 is 31.7 Å². The van der Waals surface area contributed by atoms with Crippen LogP contribution in [0.2, 0.25) is 10.0 Å². The Bertz CT molecular complexity index is 473. The highest BCUT2D eigenvalue weighted by Gasteiger charge is 2.28. The molecule has 0 saturated heterocycles. The molecule has 1 aromatic rings. The molecule has 0 heterocycles. The zero-order chi connectivity index (χ0) is 13.9. The lowest BCUT2D eigenvalue weighted by atomic mass is 10.2. The summed E-state index contributed by atoms with van der Waals surface area (Å²) in [6.45, 7) is 0. The Labute approximate surface area is 115 Å². The smallest absolute Gasteiger partial charge is 0.256 e. The molecule has 0 radical (unpaired) electrons. The number of rotatable bonds is 5. The molecule has 0 saturated carbocycles. The van der Waals surface area contributed by atoms with Crippen molar-refractivity contribution in [2.24, 2.45) is 0 Å². The van der Waals surface area contributed by atoms with Gasteiger partial charge in [-0.25, -0.2) is 0 Å². The van der Waals surface area contributed by atoms with Crippen molar-refractivity contribution >= 4 is 37.2 Å². The van der Waals surface area contributed by atoms with E-state index in [2.05, 4.69) is 0 Å². The van der Waals surface area contributed by atoms with Crippen LogP contribution in [0.25, 0.3) is 0 Å². The fraction of sp³-hybridized carbons (Fsp3) is 0.300. The number of carbonyl (C=O) groups excluding carboxylic acids is 1. The third kappa shape index (κ3) is 2.39. The normalized spacial score (nSPS) is 10.3. The SMILES string of the molecule is COc1c(Cl)c(C(=O)P=O)c(Cl)c(OC)c1OC. The molecule has 1 aromatic carbocycles. The van der Waals surface area contributed by atoms with Gasteiger partial charge in [0.1, 0.15) is 0 Å². The van der Waals surface area contributed by atoms with E-state index in [0.717, 1.165) is 0 Å². The topological polar surface area (TPSA) is 61.8 Å². The molecular weight excluding hydrogens is 302 g/mol. The Hall–Kier alpha value is -1.03. The summed E-state index contributed by atoms with van der Waals surface area (Å²) in [7, 11) is 3.34. The Balaban J connectivity index is 3.75. The van der Waals surface area contributed by atoms with Crippen molar-refractivity contribution in [1.82, 2.24) is 0 Å². The van der Waals surface area contributed by atoms with Crippen molar-refractivity contribution in [3.8, 4) is 17.2 Å². The summed E-state index contributed by atoms with van der Waals surface area (Å²) in [6.07, 6.45) is 0. The fourth-order valence-electron chi connectivity index (χ4n) is 1.41. The van der Waals surface area contributed by atoms with Crippen LogP contribution in [-0.2, 0) is 4.57 Å². The Morgan fingerprint density at radius 2 is 1.33 bits per heavy atom. The largest absolute Gasteiger partial charge is 0.491 e. The molecule has 18 heavy (non-hydrogen) atoms. The summed E-state index contributed by atoms with van der Waals surface area (Å²) in [5.41, 5.74) is -0.909. The van der Waals surface area contributed by atoms with E-state index in [1.54, 1.807) is 0 Å². The first-order valence-corrected chi connectivity index (χ1v) is 6.14. The van der Waals surface area contributed by atoms with Crippen molar-refractivity contribution in [2.45, 2.75) is 0 Å². The van der Waals surface area contributed by atoms with Gasteiger partial charge in [-0.1, -0.05) is 23.2 Å². The lowest BCUT2D eigenvalue weighted by molar-refractivity contribution is 0.108. The van der Waals surface area contributed by atoms with E-state index in [0.29, 0.717) is 0 Å².